The number of hydrogen-bond donors (Lipinski definition) is 1. The van der Waals surface area contributed by atoms with Crippen LogP contribution in [0.5, 0.6) is 0 Å². The van der Waals surface area contributed by atoms with Crippen molar-refractivity contribution in [3.05, 3.63) is 51.3 Å². The average Bonchev–Trinajstić information content (AvgIpc) is 2.82. The van der Waals surface area contributed by atoms with Crippen molar-refractivity contribution >= 4 is 23.2 Å². The molecule has 0 spiro atoms. The number of aryl methyl sites for hydroxylation is 2. The minimum atomic E-state index is 0.199. The molecule has 2 rings (SSSR count). The highest BCUT2D eigenvalue weighted by Gasteiger charge is 2.15. The summed E-state index contributed by atoms with van der Waals surface area (Å²) in [5, 5.41) is 9.20. The molecule has 0 amide bonds. The van der Waals surface area contributed by atoms with Crippen molar-refractivity contribution in [1.29, 1.82) is 0 Å². The first kappa shape index (κ1) is 16.3. The van der Waals surface area contributed by atoms with E-state index < -0.39 is 0 Å². The van der Waals surface area contributed by atoms with E-state index in [1.807, 2.05) is 29.9 Å². The first-order valence-corrected chi connectivity index (χ1v) is 8.00. The maximum Gasteiger partial charge on any atom is 0.0624 e. The monoisotopic (exact) mass is 325 g/mol. The van der Waals surface area contributed by atoms with Gasteiger partial charge in [0.15, 0.2) is 0 Å². The fourth-order valence-electron chi connectivity index (χ4n) is 2.43. The first-order valence-electron chi connectivity index (χ1n) is 7.25. The number of rotatable bonds is 6. The van der Waals surface area contributed by atoms with Gasteiger partial charge in [0.2, 0.25) is 0 Å². The number of benzene rings is 1. The lowest BCUT2D eigenvalue weighted by molar-refractivity contribution is 0.528. The summed E-state index contributed by atoms with van der Waals surface area (Å²) in [5.41, 5.74) is 3.48. The second-order valence-electron chi connectivity index (χ2n) is 5.09. The Morgan fingerprint density at radius 3 is 2.52 bits per heavy atom. The van der Waals surface area contributed by atoms with Crippen molar-refractivity contribution in [3.8, 4) is 0 Å². The summed E-state index contributed by atoms with van der Waals surface area (Å²) in [6, 6.07) is 8.18. The van der Waals surface area contributed by atoms with E-state index in [4.69, 9.17) is 23.2 Å². The zero-order chi connectivity index (χ0) is 15.4. The van der Waals surface area contributed by atoms with Gasteiger partial charge in [0.25, 0.3) is 0 Å². The minimum Gasteiger partial charge on any atom is -0.310 e. The predicted molar refractivity (Wildman–Crippen MR) is 89.2 cm³/mol. The van der Waals surface area contributed by atoms with Crippen molar-refractivity contribution in [3.63, 3.8) is 0 Å². The predicted octanol–water partition coefficient (Wildman–Crippen LogP) is 4.18. The van der Waals surface area contributed by atoms with Gasteiger partial charge in [0.05, 0.1) is 15.7 Å². The van der Waals surface area contributed by atoms with Crippen molar-refractivity contribution in [2.24, 2.45) is 7.05 Å². The number of hydrogen-bond acceptors (Lipinski definition) is 2. The van der Waals surface area contributed by atoms with Crippen LogP contribution in [0.1, 0.15) is 36.8 Å². The molecule has 1 aromatic heterocycles. The summed E-state index contributed by atoms with van der Waals surface area (Å²) >= 11 is 12.1. The summed E-state index contributed by atoms with van der Waals surface area (Å²) in [4.78, 5) is 0. The van der Waals surface area contributed by atoms with Gasteiger partial charge in [-0.25, -0.2) is 0 Å². The molecule has 1 atom stereocenters. The Morgan fingerprint density at radius 1 is 1.19 bits per heavy atom. The number of aromatic nitrogens is 2. The van der Waals surface area contributed by atoms with Crippen LogP contribution >= 0.6 is 23.2 Å². The lowest BCUT2D eigenvalue weighted by atomic mass is 10.0. The van der Waals surface area contributed by atoms with Crippen LogP contribution < -0.4 is 5.32 Å². The van der Waals surface area contributed by atoms with E-state index in [0.29, 0.717) is 10.0 Å². The third kappa shape index (κ3) is 4.00. The van der Waals surface area contributed by atoms with Crippen LogP contribution in [0.3, 0.4) is 0 Å². The zero-order valence-electron chi connectivity index (χ0n) is 12.7. The minimum absolute atomic E-state index is 0.199. The molecule has 21 heavy (non-hydrogen) atoms. The van der Waals surface area contributed by atoms with Gasteiger partial charge in [0, 0.05) is 25.2 Å². The fraction of sp³-hybridized carbons (Fsp3) is 0.438. The second-order valence-corrected chi connectivity index (χ2v) is 5.91. The van der Waals surface area contributed by atoms with E-state index in [2.05, 4.69) is 30.3 Å². The Bertz CT molecular complexity index is 608. The maximum atomic E-state index is 6.14. The molecule has 0 radical (unpaired) electrons. The normalized spacial score (nSPS) is 12.6. The maximum absolute atomic E-state index is 6.14. The number of nitrogens with zero attached hydrogens (tertiary/aromatic N) is 2. The Labute approximate surface area is 136 Å². The molecule has 3 nitrogen and oxygen atoms in total. The number of nitrogens with one attached hydrogen (secondary N) is 1. The summed E-state index contributed by atoms with van der Waals surface area (Å²) in [5.74, 6) is 0. The topological polar surface area (TPSA) is 29.9 Å². The molecule has 2 aromatic rings. The van der Waals surface area contributed by atoms with Crippen molar-refractivity contribution in [2.45, 2.75) is 32.7 Å². The lowest BCUT2D eigenvalue weighted by Crippen LogP contribution is -2.23. The molecule has 0 aliphatic heterocycles. The third-order valence-electron chi connectivity index (χ3n) is 3.60. The van der Waals surface area contributed by atoms with Crippen LogP contribution in [0.25, 0.3) is 0 Å². The van der Waals surface area contributed by atoms with Crippen LogP contribution in [0.4, 0.5) is 0 Å². The Morgan fingerprint density at radius 2 is 1.95 bits per heavy atom. The van der Waals surface area contributed by atoms with Crippen LogP contribution in [0.2, 0.25) is 10.0 Å². The van der Waals surface area contributed by atoms with Crippen molar-refractivity contribution < 1.29 is 0 Å². The van der Waals surface area contributed by atoms with Crippen molar-refractivity contribution in [1.82, 2.24) is 15.1 Å². The highest BCUT2D eigenvalue weighted by molar-refractivity contribution is 6.42. The quantitative estimate of drug-likeness (QED) is 0.863. The zero-order valence-corrected chi connectivity index (χ0v) is 14.2. The van der Waals surface area contributed by atoms with Crippen LogP contribution in [-0.4, -0.2) is 16.3 Å². The Hall–Kier alpha value is -1.03. The van der Waals surface area contributed by atoms with Gasteiger partial charge >= 0.3 is 0 Å². The lowest BCUT2D eigenvalue weighted by Gasteiger charge is -2.19. The molecule has 1 aromatic carbocycles. The van der Waals surface area contributed by atoms with Gasteiger partial charge in [-0.05, 0) is 36.7 Å². The summed E-state index contributed by atoms with van der Waals surface area (Å²) in [6.45, 7) is 5.11. The van der Waals surface area contributed by atoms with Gasteiger partial charge in [0.1, 0.15) is 0 Å². The summed E-state index contributed by atoms with van der Waals surface area (Å²) in [6.07, 6.45) is 1.82. The van der Waals surface area contributed by atoms with Gasteiger partial charge in [-0.2, -0.15) is 5.10 Å². The molecule has 0 aliphatic carbocycles. The summed E-state index contributed by atoms with van der Waals surface area (Å²) < 4.78 is 1.96. The average molecular weight is 326 g/mol. The molecular weight excluding hydrogens is 305 g/mol. The largest absolute Gasteiger partial charge is 0.310 e. The van der Waals surface area contributed by atoms with Crippen LogP contribution in [0, 0.1) is 0 Å². The molecule has 1 unspecified atom stereocenters. The molecule has 1 N–H and O–H groups in total. The molecule has 1 heterocycles. The van der Waals surface area contributed by atoms with E-state index in [-0.39, 0.29) is 6.04 Å². The molecule has 114 valence electrons. The first-order chi connectivity index (χ1) is 10.0. The Kier molecular flexibility index (Phi) is 5.68. The van der Waals surface area contributed by atoms with E-state index >= 15 is 0 Å². The molecule has 0 saturated carbocycles. The second kappa shape index (κ2) is 7.30. The fourth-order valence-corrected chi connectivity index (χ4v) is 2.73. The van der Waals surface area contributed by atoms with Crippen molar-refractivity contribution in [2.75, 3.05) is 6.54 Å². The SMILES string of the molecule is CCNC(Cc1cc(CC)nn1C)c1ccc(Cl)c(Cl)c1. The van der Waals surface area contributed by atoms with E-state index in [0.717, 1.165) is 30.6 Å². The van der Waals surface area contributed by atoms with Gasteiger partial charge in [-0.15, -0.1) is 0 Å². The van der Waals surface area contributed by atoms with Gasteiger partial charge in [-0.1, -0.05) is 43.1 Å². The molecule has 0 aliphatic rings. The van der Waals surface area contributed by atoms with E-state index in [1.165, 1.54) is 5.69 Å². The standard InChI is InChI=1S/C16H21Cl2N3/c1-4-12-9-13(21(3)20-12)10-16(19-5-2)11-6-7-14(17)15(18)8-11/h6-9,16,19H,4-5,10H2,1-3H3. The van der Waals surface area contributed by atoms with Gasteiger partial charge < -0.3 is 5.32 Å². The molecule has 0 fully saturated rings. The Balaban J connectivity index is 2.25. The highest BCUT2D eigenvalue weighted by Crippen LogP contribution is 2.27. The summed E-state index contributed by atoms with van der Waals surface area (Å²) in [7, 11) is 1.99. The van der Waals surface area contributed by atoms with Crippen LogP contribution in [0.15, 0.2) is 24.3 Å². The molecule has 0 bridgehead atoms. The molecule has 5 heteroatoms. The molecular formula is C16H21Cl2N3. The molecule has 0 saturated heterocycles. The smallest absolute Gasteiger partial charge is 0.0624 e. The van der Waals surface area contributed by atoms with E-state index in [1.54, 1.807) is 0 Å². The van der Waals surface area contributed by atoms with Gasteiger partial charge in [-0.3, -0.25) is 4.68 Å². The highest BCUT2D eigenvalue weighted by atomic mass is 35.5. The van der Waals surface area contributed by atoms with E-state index in [9.17, 15) is 0 Å². The van der Waals surface area contributed by atoms with Crippen LogP contribution in [-0.2, 0) is 19.9 Å². The number of likely N-dealkylation sites (N-methyl/N-ethyl adjacent to an activating group) is 1. The third-order valence-corrected chi connectivity index (χ3v) is 4.34. The number of halogens is 2.